The van der Waals surface area contributed by atoms with E-state index in [4.69, 9.17) is 16.3 Å². The Hall–Kier alpha value is -1.98. The molecule has 7 nitrogen and oxygen atoms in total. The Balaban J connectivity index is 1.39. The Kier molecular flexibility index (Phi) is 6.69. The molecule has 2 amide bonds. The second-order valence-electron chi connectivity index (χ2n) is 8.26. The van der Waals surface area contributed by atoms with Gasteiger partial charge in [0.25, 0.3) is 5.91 Å². The normalized spacial score (nSPS) is 19.5. The number of β-lactam (4-membered cyclic amide) rings is 1. The molecule has 2 aromatic carbocycles. The lowest BCUT2D eigenvalue weighted by Crippen LogP contribution is -2.63. The molecule has 2 aliphatic heterocycles. The van der Waals surface area contributed by atoms with E-state index >= 15 is 0 Å². The van der Waals surface area contributed by atoms with Gasteiger partial charge in [-0.3, -0.25) is 14.5 Å². The average molecular weight is 686 g/mol. The summed E-state index contributed by atoms with van der Waals surface area (Å²) >= 11 is 17.3. The number of anilines is 1. The maximum Gasteiger partial charge on any atom is 0.258 e. The van der Waals surface area contributed by atoms with Crippen LogP contribution in [0.2, 0.25) is 0 Å². The van der Waals surface area contributed by atoms with E-state index in [2.05, 4.69) is 52.8 Å². The molecular weight excluding hydrogens is 667 g/mol. The van der Waals surface area contributed by atoms with Gasteiger partial charge in [-0.05, 0) is 59.4 Å². The van der Waals surface area contributed by atoms with Crippen LogP contribution in [0.3, 0.4) is 0 Å². The predicted octanol–water partition coefficient (Wildman–Crippen LogP) is 5.99. The number of ether oxygens (including phenoxy) is 1. The number of rotatable bonds is 6. The van der Waals surface area contributed by atoms with Crippen molar-refractivity contribution in [3.05, 3.63) is 85.4 Å². The Morgan fingerprint density at radius 1 is 1.20 bits per heavy atom. The number of nitrogens with zero attached hydrogens (tertiary/aromatic N) is 4. The largest absolute Gasteiger partial charge is 0.356 e. The van der Waals surface area contributed by atoms with Crippen LogP contribution in [-0.2, 0) is 33.2 Å². The van der Waals surface area contributed by atoms with Gasteiger partial charge in [0.15, 0.2) is 5.54 Å². The molecule has 0 aliphatic carbocycles. The van der Waals surface area contributed by atoms with E-state index in [1.807, 2.05) is 36.4 Å². The fourth-order valence-corrected chi connectivity index (χ4v) is 6.33. The van der Waals surface area contributed by atoms with Crippen LogP contribution in [0.5, 0.6) is 0 Å². The van der Waals surface area contributed by atoms with Gasteiger partial charge in [0, 0.05) is 38.4 Å². The molecule has 11 heteroatoms. The third-order valence-electron chi connectivity index (χ3n) is 6.13. The highest BCUT2D eigenvalue weighted by molar-refractivity contribution is 9.14. The van der Waals surface area contributed by atoms with Crippen LogP contribution in [0.25, 0.3) is 5.03 Å². The highest BCUT2D eigenvalue weighted by Gasteiger charge is 2.64. The first-order valence-electron chi connectivity index (χ1n) is 10.5. The molecule has 2 aliphatic rings. The fourth-order valence-electron chi connectivity index (χ4n) is 4.39. The van der Waals surface area contributed by atoms with Gasteiger partial charge in [0.1, 0.15) is 12.4 Å². The van der Waals surface area contributed by atoms with Crippen LogP contribution < -0.4 is 4.90 Å². The maximum atomic E-state index is 13.4. The van der Waals surface area contributed by atoms with E-state index < -0.39 is 5.54 Å². The first kappa shape index (κ1) is 24.7. The van der Waals surface area contributed by atoms with E-state index in [0.29, 0.717) is 23.5 Å². The van der Waals surface area contributed by atoms with Gasteiger partial charge < -0.3 is 14.2 Å². The van der Waals surface area contributed by atoms with E-state index in [0.717, 1.165) is 25.8 Å². The van der Waals surface area contributed by atoms with E-state index in [-0.39, 0.29) is 23.3 Å². The quantitative estimate of drug-likeness (QED) is 0.237. The number of hydrogen-bond donors (Lipinski definition) is 0. The SMILES string of the molecule is CN1C(=O)C2(CC(=O)N2/C=C(/Cl)c2cn(COCc3ccccc3)cn2)c2c1cc(Br)c(Br)c2Br. The minimum absolute atomic E-state index is 0.0539. The average Bonchev–Trinajstić information content (AvgIpc) is 3.40. The number of fused-ring (bicyclic) bond motifs is 2. The number of carbonyl (C=O) groups excluding carboxylic acids is 2. The lowest BCUT2D eigenvalue weighted by molar-refractivity contribution is -0.159. The van der Waals surface area contributed by atoms with Crippen LogP contribution in [0, 0.1) is 0 Å². The van der Waals surface area contributed by atoms with Crippen molar-refractivity contribution in [3.63, 3.8) is 0 Å². The highest BCUT2D eigenvalue weighted by Crippen LogP contribution is 2.57. The topological polar surface area (TPSA) is 67.7 Å². The summed E-state index contributed by atoms with van der Waals surface area (Å²) in [7, 11) is 1.70. The molecule has 3 aromatic rings. The van der Waals surface area contributed by atoms with Gasteiger partial charge in [-0.2, -0.15) is 0 Å². The molecule has 1 saturated heterocycles. The molecule has 180 valence electrons. The van der Waals surface area contributed by atoms with Gasteiger partial charge in [-0.1, -0.05) is 41.9 Å². The maximum absolute atomic E-state index is 13.4. The van der Waals surface area contributed by atoms with Crippen molar-refractivity contribution in [2.24, 2.45) is 0 Å². The number of likely N-dealkylation sites (N-methyl/N-ethyl adjacent to an activating group) is 1. The van der Waals surface area contributed by atoms with Gasteiger partial charge in [0.2, 0.25) is 5.91 Å². The molecule has 35 heavy (non-hydrogen) atoms. The Morgan fingerprint density at radius 2 is 1.94 bits per heavy atom. The van der Waals surface area contributed by atoms with E-state index in [1.165, 1.54) is 11.1 Å². The minimum atomic E-state index is -1.16. The molecule has 1 aromatic heterocycles. The number of aromatic nitrogens is 2. The number of imidazole rings is 1. The van der Waals surface area contributed by atoms with Crippen LogP contribution in [0.1, 0.15) is 23.2 Å². The van der Waals surface area contributed by atoms with Crippen molar-refractivity contribution >= 4 is 81.9 Å². The molecule has 0 radical (unpaired) electrons. The number of amides is 2. The molecule has 1 fully saturated rings. The van der Waals surface area contributed by atoms with Gasteiger partial charge in [-0.25, -0.2) is 4.98 Å². The summed E-state index contributed by atoms with van der Waals surface area (Å²) in [5.74, 6) is -0.396. The van der Waals surface area contributed by atoms with Crippen LogP contribution in [0.15, 0.2) is 68.5 Å². The van der Waals surface area contributed by atoms with Gasteiger partial charge >= 0.3 is 0 Å². The molecule has 0 saturated carbocycles. The third-order valence-corrected chi connectivity index (χ3v) is 9.73. The molecule has 0 bridgehead atoms. The summed E-state index contributed by atoms with van der Waals surface area (Å²) in [6.07, 6.45) is 4.90. The van der Waals surface area contributed by atoms with Crippen molar-refractivity contribution in [1.82, 2.24) is 14.5 Å². The van der Waals surface area contributed by atoms with Crippen LogP contribution in [-0.4, -0.2) is 33.3 Å². The lowest BCUT2D eigenvalue weighted by Gasteiger charge is -2.46. The molecule has 0 N–H and O–H groups in total. The van der Waals surface area contributed by atoms with Crippen LogP contribution in [0.4, 0.5) is 5.69 Å². The number of carbonyl (C=O) groups is 2. The molecule has 1 atom stereocenters. The molecular formula is C24H18Br3ClN4O3. The summed E-state index contributed by atoms with van der Waals surface area (Å²) in [5.41, 5.74) is 1.83. The molecule has 1 spiro atoms. The zero-order valence-electron chi connectivity index (χ0n) is 18.3. The van der Waals surface area contributed by atoms with E-state index in [1.54, 1.807) is 29.0 Å². The van der Waals surface area contributed by atoms with Crippen molar-refractivity contribution in [3.8, 4) is 0 Å². The summed E-state index contributed by atoms with van der Waals surface area (Å²) in [4.78, 5) is 33.5. The monoisotopic (exact) mass is 682 g/mol. The zero-order valence-corrected chi connectivity index (χ0v) is 23.9. The highest BCUT2D eigenvalue weighted by atomic mass is 79.9. The lowest BCUT2D eigenvalue weighted by atomic mass is 9.78. The predicted molar refractivity (Wildman–Crippen MR) is 143 cm³/mol. The first-order valence-corrected chi connectivity index (χ1v) is 13.3. The Labute approximate surface area is 232 Å². The summed E-state index contributed by atoms with van der Waals surface area (Å²) in [6.45, 7) is 0.767. The summed E-state index contributed by atoms with van der Waals surface area (Å²) < 4.78 is 9.77. The smallest absolute Gasteiger partial charge is 0.258 e. The van der Waals surface area contributed by atoms with Crippen LogP contribution >= 0.6 is 59.4 Å². The number of likely N-dealkylation sites (tertiary alicyclic amines) is 1. The van der Waals surface area contributed by atoms with Gasteiger partial charge in [0.05, 0.1) is 30.1 Å². The first-order chi connectivity index (χ1) is 16.7. The van der Waals surface area contributed by atoms with Crippen molar-refractivity contribution in [2.75, 3.05) is 11.9 Å². The Morgan fingerprint density at radius 3 is 2.66 bits per heavy atom. The second kappa shape index (κ2) is 9.48. The summed E-state index contributed by atoms with van der Waals surface area (Å²) in [5, 5.41) is 0.246. The van der Waals surface area contributed by atoms with Gasteiger partial charge in [-0.15, -0.1) is 0 Å². The number of hydrogen-bond acceptors (Lipinski definition) is 4. The molecule has 3 heterocycles. The Bertz CT molecular complexity index is 1380. The third kappa shape index (κ3) is 4.09. The standard InChI is InChI=1S/C24H18Br3ClN4O3/c1-30-18-7-15(25)21(26)22(27)20(18)24(23(30)34)8-19(33)32(24)9-16(28)17-10-31(12-29-17)13-35-11-14-5-3-2-4-6-14/h2-7,9-10,12H,8,11,13H2,1H3/b16-9+. The van der Waals surface area contributed by atoms with Crippen molar-refractivity contribution in [1.29, 1.82) is 0 Å². The van der Waals surface area contributed by atoms with Crippen molar-refractivity contribution in [2.45, 2.75) is 25.3 Å². The fraction of sp³-hybridized carbons (Fsp3) is 0.208. The molecule has 1 unspecified atom stereocenters. The zero-order chi connectivity index (χ0) is 24.9. The second-order valence-corrected chi connectivity index (χ2v) is 11.1. The van der Waals surface area contributed by atoms with E-state index in [9.17, 15) is 9.59 Å². The number of halogens is 4. The number of benzene rings is 2. The molecule has 5 rings (SSSR count). The summed E-state index contributed by atoms with van der Waals surface area (Å²) in [6, 6.07) is 11.7. The minimum Gasteiger partial charge on any atom is -0.356 e. The van der Waals surface area contributed by atoms with Crippen molar-refractivity contribution < 1.29 is 14.3 Å².